The molecule has 1 aliphatic carbocycles. The molecule has 4 aromatic rings. The van der Waals surface area contributed by atoms with Crippen LogP contribution in [0, 0.1) is 0 Å². The van der Waals surface area contributed by atoms with Crippen LogP contribution in [-0.4, -0.2) is 10.3 Å². The molecule has 0 saturated carbocycles. The second kappa shape index (κ2) is 10.8. The minimum absolute atomic E-state index is 0.297. The van der Waals surface area contributed by atoms with Gasteiger partial charge in [0.25, 0.3) is 0 Å². The Morgan fingerprint density at radius 1 is 0.541 bits per heavy atom. The normalized spacial score (nSPS) is 17.0. The zero-order chi connectivity index (χ0) is 26.7. The fourth-order valence-electron chi connectivity index (χ4n) is 6.49. The highest BCUT2D eigenvalue weighted by molar-refractivity contribution is 6.05. The monoisotopic (exact) mass is 490 g/mol. The van der Waals surface area contributed by atoms with Gasteiger partial charge in [-0.05, 0) is 35.7 Å². The van der Waals surface area contributed by atoms with Gasteiger partial charge in [-0.15, -0.1) is 9.14 Å². The van der Waals surface area contributed by atoms with Gasteiger partial charge in [-0.2, -0.15) is 0 Å². The van der Waals surface area contributed by atoms with Crippen molar-refractivity contribution in [1.82, 2.24) is 0 Å². The maximum Gasteiger partial charge on any atom is 0.418 e. The largest absolute Gasteiger partial charge is 0.418 e. The van der Waals surface area contributed by atoms with Gasteiger partial charge in [0.2, 0.25) is 17.1 Å². The number of para-hydroxylation sites is 1. The van der Waals surface area contributed by atoms with E-state index in [-0.39, 0.29) is 5.66 Å². The summed E-state index contributed by atoms with van der Waals surface area (Å²) in [5, 5.41) is 0. The summed E-state index contributed by atoms with van der Waals surface area (Å²) in [6, 6.07) is 29.4. The first kappa shape index (κ1) is 26.5. The lowest BCUT2D eigenvalue weighted by Gasteiger charge is -2.27. The van der Waals surface area contributed by atoms with Crippen molar-refractivity contribution < 1.29 is 9.14 Å². The Hall–Kier alpha value is -3.52. The van der Waals surface area contributed by atoms with E-state index in [0.717, 1.165) is 12.8 Å². The van der Waals surface area contributed by atoms with Gasteiger partial charge in [-0.3, -0.25) is 0 Å². The molecule has 0 radical (unpaired) electrons. The molecule has 0 fully saturated rings. The molecule has 2 nitrogen and oxygen atoms in total. The van der Waals surface area contributed by atoms with Crippen molar-refractivity contribution in [2.45, 2.75) is 73.9 Å². The van der Waals surface area contributed by atoms with Crippen molar-refractivity contribution in [1.29, 1.82) is 0 Å². The van der Waals surface area contributed by atoms with Crippen molar-refractivity contribution >= 4 is 11.4 Å². The van der Waals surface area contributed by atoms with Crippen LogP contribution >= 0.6 is 0 Å². The number of rotatable bonds is 0. The molecule has 8 rings (SSSR count). The smallest absolute Gasteiger partial charge is 0.125 e. The molecular formula is C35H42N2+2. The van der Waals surface area contributed by atoms with Crippen LogP contribution in [0.25, 0.3) is 11.3 Å². The number of hydrogen-bond acceptors (Lipinski definition) is 0. The molecule has 0 bridgehead atoms. The van der Waals surface area contributed by atoms with Gasteiger partial charge in [0.1, 0.15) is 11.1 Å². The third-order valence-corrected chi connectivity index (χ3v) is 7.36. The Morgan fingerprint density at radius 3 is 1.81 bits per heavy atom. The topological polar surface area (TPSA) is 6.89 Å². The third-order valence-electron chi connectivity index (χ3n) is 7.36. The maximum atomic E-state index is 2.66. The van der Waals surface area contributed by atoms with Gasteiger partial charge >= 0.3 is 5.66 Å². The highest BCUT2D eigenvalue weighted by atomic mass is 15.3. The summed E-state index contributed by atoms with van der Waals surface area (Å²) in [5.74, 6) is 0. The molecule has 4 heterocycles. The Labute approximate surface area is 224 Å². The van der Waals surface area contributed by atoms with E-state index >= 15 is 0 Å². The molecule has 1 aromatic heterocycles. The highest BCUT2D eigenvalue weighted by Crippen LogP contribution is 2.56. The van der Waals surface area contributed by atoms with Crippen LogP contribution in [0.1, 0.15) is 88.8 Å². The van der Waals surface area contributed by atoms with Gasteiger partial charge in [0, 0.05) is 23.8 Å². The van der Waals surface area contributed by atoms with Gasteiger partial charge in [-0.25, -0.2) is 0 Å². The van der Waals surface area contributed by atoms with Gasteiger partial charge in [0.15, 0.2) is 6.20 Å². The molecule has 0 saturated heterocycles. The summed E-state index contributed by atoms with van der Waals surface area (Å²) >= 11 is 0. The molecule has 3 aromatic carbocycles. The lowest BCUT2D eigenvalue weighted by Crippen LogP contribution is -2.61. The molecule has 190 valence electrons. The van der Waals surface area contributed by atoms with E-state index in [4.69, 9.17) is 0 Å². The Morgan fingerprint density at radius 2 is 1.11 bits per heavy atom. The number of benzene rings is 3. The van der Waals surface area contributed by atoms with Crippen LogP contribution in [-0.2, 0) is 18.5 Å². The van der Waals surface area contributed by atoms with Crippen molar-refractivity contribution in [3.63, 3.8) is 0 Å². The molecule has 3 aliphatic heterocycles. The van der Waals surface area contributed by atoms with Crippen molar-refractivity contribution in [3.05, 3.63) is 118 Å². The summed E-state index contributed by atoms with van der Waals surface area (Å²) < 4.78 is 5.20. The number of nitrogens with zero attached hydrogens (tertiary/aromatic N) is 2. The van der Waals surface area contributed by atoms with Crippen LogP contribution in [0.15, 0.2) is 85.1 Å². The standard InChI is InChI=1S/C27H18N2.4C2H6/c1-2-12-22-17(7-1)16-24-21-11-6-9-19-15-18-8-5-10-20-23-13-3-4-14-28(23)27(25(18)20,26(19)21)29(22)24;4*1-2/h1-14H,15-16H2;4*1-2H3/q+2;;;;. The number of fused-ring (bicyclic) bond motifs is 5. The van der Waals surface area contributed by atoms with E-state index in [9.17, 15) is 0 Å². The summed E-state index contributed by atoms with van der Waals surface area (Å²) in [7, 11) is 0. The minimum Gasteiger partial charge on any atom is -0.125 e. The molecule has 4 aliphatic rings. The lowest BCUT2D eigenvalue weighted by atomic mass is 9.76. The Bertz CT molecular complexity index is 1460. The van der Waals surface area contributed by atoms with Gasteiger partial charge < -0.3 is 0 Å². The summed E-state index contributed by atoms with van der Waals surface area (Å²) in [6.07, 6.45) is 4.31. The predicted molar refractivity (Wildman–Crippen MR) is 157 cm³/mol. The zero-order valence-corrected chi connectivity index (χ0v) is 23.9. The Kier molecular flexibility index (Phi) is 7.78. The third kappa shape index (κ3) is 3.38. The Balaban J connectivity index is 0.000000369. The molecule has 1 spiro atoms. The molecule has 2 heteroatoms. The van der Waals surface area contributed by atoms with Crippen LogP contribution in [0.5, 0.6) is 0 Å². The van der Waals surface area contributed by atoms with Crippen molar-refractivity contribution in [3.8, 4) is 11.3 Å². The van der Waals surface area contributed by atoms with E-state index in [2.05, 4.69) is 94.2 Å². The lowest BCUT2D eigenvalue weighted by molar-refractivity contribution is -0.874. The summed E-state index contributed by atoms with van der Waals surface area (Å²) in [5.41, 5.74) is 14.0. The first-order valence-corrected chi connectivity index (χ1v) is 14.4. The van der Waals surface area contributed by atoms with Crippen LogP contribution in [0.2, 0.25) is 0 Å². The predicted octanol–water partition coefficient (Wildman–Crippen LogP) is 8.42. The fraction of sp³-hybridized carbons (Fsp3) is 0.314. The second-order valence-corrected chi connectivity index (χ2v) is 8.57. The fourth-order valence-corrected chi connectivity index (χ4v) is 6.49. The highest BCUT2D eigenvalue weighted by Gasteiger charge is 2.71. The SMILES string of the molecule is CC.CC.CC.CC.c1ccc2c(c1)CC1=[N+]2C23c4c(cccc41)Cc1cccc(c12)-c1cccc[n+]13. The van der Waals surface area contributed by atoms with E-state index < -0.39 is 0 Å². The first-order chi connectivity index (χ1) is 18.4. The first-order valence-electron chi connectivity index (χ1n) is 14.4. The molecular weight excluding hydrogens is 448 g/mol. The van der Waals surface area contributed by atoms with E-state index in [1.54, 1.807) is 0 Å². The van der Waals surface area contributed by atoms with E-state index in [0.29, 0.717) is 0 Å². The van der Waals surface area contributed by atoms with Crippen LogP contribution in [0.3, 0.4) is 0 Å². The summed E-state index contributed by atoms with van der Waals surface area (Å²) in [4.78, 5) is 0. The number of hydrogen-bond donors (Lipinski definition) is 0. The van der Waals surface area contributed by atoms with Crippen LogP contribution in [0.4, 0.5) is 5.69 Å². The average Bonchev–Trinajstić information content (AvgIpc) is 3.62. The quantitative estimate of drug-likeness (QED) is 0.218. The van der Waals surface area contributed by atoms with Crippen molar-refractivity contribution in [2.75, 3.05) is 0 Å². The molecule has 1 atom stereocenters. The molecule has 0 amide bonds. The van der Waals surface area contributed by atoms with E-state index in [1.807, 2.05) is 55.4 Å². The van der Waals surface area contributed by atoms with Crippen LogP contribution < -0.4 is 4.57 Å². The number of aromatic nitrogens is 1. The molecule has 1 unspecified atom stereocenters. The van der Waals surface area contributed by atoms with Crippen molar-refractivity contribution in [2.24, 2.45) is 0 Å². The van der Waals surface area contributed by atoms with E-state index in [1.165, 1.54) is 56.0 Å². The van der Waals surface area contributed by atoms with Gasteiger partial charge in [0.05, 0.1) is 17.5 Å². The maximum absolute atomic E-state index is 2.66. The summed E-state index contributed by atoms with van der Waals surface area (Å²) in [6.45, 7) is 16.0. The molecule has 0 N–H and O–H groups in total. The molecule has 37 heavy (non-hydrogen) atoms. The second-order valence-electron chi connectivity index (χ2n) is 8.57. The van der Waals surface area contributed by atoms with Gasteiger partial charge in [-0.1, -0.05) is 97.9 Å². The average molecular weight is 491 g/mol. The zero-order valence-electron chi connectivity index (χ0n) is 23.9. The minimum atomic E-state index is -0.297. The number of pyridine rings is 1.